The van der Waals surface area contributed by atoms with Gasteiger partial charge in [0.05, 0.1) is 14.2 Å². The molecule has 0 aromatic heterocycles. The van der Waals surface area contributed by atoms with Gasteiger partial charge in [-0.1, -0.05) is 53.8 Å². The van der Waals surface area contributed by atoms with Crippen LogP contribution in [0.4, 0.5) is 0 Å². The molecule has 116 valence electrons. The van der Waals surface area contributed by atoms with Gasteiger partial charge in [-0.25, -0.2) is 9.68 Å². The van der Waals surface area contributed by atoms with E-state index in [1.807, 2.05) is 48.5 Å². The van der Waals surface area contributed by atoms with Crippen molar-refractivity contribution >= 4 is 5.91 Å². The second-order valence-corrected chi connectivity index (χ2v) is 4.74. The van der Waals surface area contributed by atoms with Gasteiger partial charge in [-0.15, -0.1) is 0 Å². The van der Waals surface area contributed by atoms with Crippen LogP contribution in [-0.2, 0) is 20.1 Å². The predicted octanol–water partition coefficient (Wildman–Crippen LogP) is 2.93. The Labute approximate surface area is 129 Å². The lowest BCUT2D eigenvalue weighted by atomic mass is 9.94. The molecule has 2 aromatic rings. The zero-order valence-corrected chi connectivity index (χ0v) is 12.9. The number of ether oxygens (including phenoxy) is 1. The van der Waals surface area contributed by atoms with Crippen LogP contribution in [0.3, 0.4) is 0 Å². The maximum atomic E-state index is 12.8. The third kappa shape index (κ3) is 3.27. The lowest BCUT2D eigenvalue weighted by Gasteiger charge is -2.32. The van der Waals surface area contributed by atoms with Crippen molar-refractivity contribution in [3.63, 3.8) is 0 Å². The minimum atomic E-state index is -1.28. The summed E-state index contributed by atoms with van der Waals surface area (Å²) in [4.78, 5) is 22.7. The second-order valence-electron chi connectivity index (χ2n) is 4.74. The van der Waals surface area contributed by atoms with E-state index < -0.39 is 11.5 Å². The summed E-state index contributed by atoms with van der Waals surface area (Å²) in [5, 5.41) is 0.802. The zero-order valence-electron chi connectivity index (χ0n) is 12.9. The number of nitrogens with zero attached hydrogens (tertiary/aromatic N) is 1. The molecule has 2 aromatic carbocycles. The predicted molar refractivity (Wildman–Crippen MR) is 81.7 cm³/mol. The van der Waals surface area contributed by atoms with Gasteiger partial charge in [-0.05, 0) is 19.1 Å². The van der Waals surface area contributed by atoms with Crippen molar-refractivity contribution in [1.82, 2.24) is 5.23 Å². The van der Waals surface area contributed by atoms with E-state index in [2.05, 4.69) is 0 Å². The van der Waals surface area contributed by atoms with E-state index in [-0.39, 0.29) is 0 Å². The molecule has 0 aliphatic heterocycles. The lowest BCUT2D eigenvalue weighted by Crippen LogP contribution is -2.48. The van der Waals surface area contributed by atoms with Crippen LogP contribution in [0.2, 0.25) is 0 Å². The third-order valence-electron chi connectivity index (χ3n) is 3.30. The maximum Gasteiger partial charge on any atom is 0.321 e. The van der Waals surface area contributed by atoms with Crippen LogP contribution in [0.1, 0.15) is 12.5 Å². The fraction of sp³-hybridized carbons (Fsp3) is 0.235. The van der Waals surface area contributed by atoms with Crippen molar-refractivity contribution < 1.29 is 19.2 Å². The van der Waals surface area contributed by atoms with Crippen molar-refractivity contribution in [3.05, 3.63) is 66.2 Å². The first-order valence-corrected chi connectivity index (χ1v) is 6.84. The highest BCUT2D eigenvalue weighted by Crippen LogP contribution is 2.30. The Kier molecular flexibility index (Phi) is 5.14. The van der Waals surface area contributed by atoms with E-state index in [0.29, 0.717) is 11.3 Å². The molecule has 1 atom stereocenters. The maximum absolute atomic E-state index is 12.8. The van der Waals surface area contributed by atoms with Gasteiger partial charge < -0.3 is 4.74 Å². The lowest BCUT2D eigenvalue weighted by molar-refractivity contribution is -0.325. The summed E-state index contributed by atoms with van der Waals surface area (Å²) in [7, 11) is 2.71. The van der Waals surface area contributed by atoms with Crippen LogP contribution in [0, 0.1) is 0 Å². The minimum Gasteiger partial charge on any atom is -0.473 e. The number of hydroxylamine groups is 2. The number of benzene rings is 2. The Bertz CT molecular complexity index is 599. The van der Waals surface area contributed by atoms with Crippen molar-refractivity contribution in [2.75, 3.05) is 14.2 Å². The molecule has 0 radical (unpaired) electrons. The Morgan fingerprint density at radius 3 is 1.91 bits per heavy atom. The fourth-order valence-electron chi connectivity index (χ4n) is 2.12. The molecule has 1 unspecified atom stereocenters. The summed E-state index contributed by atoms with van der Waals surface area (Å²) >= 11 is 0. The average molecular weight is 301 g/mol. The Morgan fingerprint density at radius 2 is 1.41 bits per heavy atom. The molecule has 0 N–H and O–H groups in total. The monoisotopic (exact) mass is 301 g/mol. The van der Waals surface area contributed by atoms with Gasteiger partial charge in [0.1, 0.15) is 5.75 Å². The molecule has 0 bridgehead atoms. The standard InChI is InChI=1S/C17H19NO4/c1-17(14-10-6-4-7-11-14,16(19)18(20-2)21-3)22-15-12-8-5-9-13-15/h4-13H,1-3H3. The first-order chi connectivity index (χ1) is 10.6. The summed E-state index contributed by atoms with van der Waals surface area (Å²) in [5.41, 5.74) is -0.586. The molecule has 5 nitrogen and oxygen atoms in total. The summed E-state index contributed by atoms with van der Waals surface area (Å²) < 4.78 is 5.98. The molecule has 0 saturated heterocycles. The van der Waals surface area contributed by atoms with E-state index in [0.717, 1.165) is 5.23 Å². The molecule has 0 heterocycles. The highest BCUT2D eigenvalue weighted by Gasteiger charge is 2.42. The smallest absolute Gasteiger partial charge is 0.321 e. The molecule has 2 rings (SSSR count). The van der Waals surface area contributed by atoms with E-state index in [1.54, 1.807) is 19.1 Å². The van der Waals surface area contributed by atoms with Crippen molar-refractivity contribution in [2.45, 2.75) is 12.5 Å². The average Bonchev–Trinajstić information content (AvgIpc) is 2.57. The quantitative estimate of drug-likeness (QED) is 0.770. The summed E-state index contributed by atoms with van der Waals surface area (Å²) in [6.07, 6.45) is 0. The van der Waals surface area contributed by atoms with Crippen LogP contribution in [-0.4, -0.2) is 25.4 Å². The van der Waals surface area contributed by atoms with E-state index in [9.17, 15) is 4.79 Å². The molecule has 0 aliphatic rings. The van der Waals surface area contributed by atoms with Crippen molar-refractivity contribution in [3.8, 4) is 5.75 Å². The van der Waals surface area contributed by atoms with Crippen molar-refractivity contribution in [2.24, 2.45) is 0 Å². The number of rotatable bonds is 6. The number of carbonyl (C=O) groups is 1. The molecule has 0 aliphatic carbocycles. The molecule has 0 saturated carbocycles. The number of amides is 1. The van der Waals surface area contributed by atoms with Gasteiger partial charge in [0.25, 0.3) is 0 Å². The van der Waals surface area contributed by atoms with Crippen LogP contribution in [0.5, 0.6) is 5.75 Å². The van der Waals surface area contributed by atoms with Gasteiger partial charge in [-0.2, -0.15) is 0 Å². The normalized spacial score (nSPS) is 13.2. The molecule has 5 heteroatoms. The van der Waals surface area contributed by atoms with Gasteiger partial charge in [0.15, 0.2) is 0 Å². The summed E-state index contributed by atoms with van der Waals surface area (Å²) in [6.45, 7) is 1.68. The largest absolute Gasteiger partial charge is 0.473 e. The zero-order chi connectivity index (χ0) is 16.0. The van der Waals surface area contributed by atoms with Crippen LogP contribution < -0.4 is 4.74 Å². The molecule has 0 fully saturated rings. The molecule has 0 spiro atoms. The van der Waals surface area contributed by atoms with Crippen LogP contribution in [0.25, 0.3) is 0 Å². The van der Waals surface area contributed by atoms with E-state index >= 15 is 0 Å². The molecular formula is C17H19NO4. The van der Waals surface area contributed by atoms with Gasteiger partial charge in [0, 0.05) is 5.56 Å². The molecule has 22 heavy (non-hydrogen) atoms. The number of para-hydroxylation sites is 1. The Morgan fingerprint density at radius 1 is 0.909 bits per heavy atom. The number of carbonyl (C=O) groups excluding carboxylic acids is 1. The second kappa shape index (κ2) is 7.06. The first-order valence-electron chi connectivity index (χ1n) is 6.84. The molecular weight excluding hydrogens is 282 g/mol. The van der Waals surface area contributed by atoms with Gasteiger partial charge in [0.2, 0.25) is 5.60 Å². The van der Waals surface area contributed by atoms with Crippen molar-refractivity contribution in [1.29, 1.82) is 0 Å². The fourth-order valence-corrected chi connectivity index (χ4v) is 2.12. The number of hydrogen-bond donors (Lipinski definition) is 0. The van der Waals surface area contributed by atoms with Gasteiger partial charge in [-0.3, -0.25) is 4.79 Å². The van der Waals surface area contributed by atoms with Gasteiger partial charge >= 0.3 is 5.91 Å². The first kappa shape index (κ1) is 16.0. The summed E-state index contributed by atoms with van der Waals surface area (Å²) in [5.74, 6) is 0.113. The SMILES string of the molecule is CON(OC)C(=O)C(C)(Oc1ccccc1)c1ccccc1. The highest BCUT2D eigenvalue weighted by atomic mass is 16.9. The van der Waals surface area contributed by atoms with E-state index in [4.69, 9.17) is 14.4 Å². The Hall–Kier alpha value is -2.37. The summed E-state index contributed by atoms with van der Waals surface area (Å²) in [6, 6.07) is 18.4. The topological polar surface area (TPSA) is 48.0 Å². The van der Waals surface area contributed by atoms with Crippen LogP contribution in [0.15, 0.2) is 60.7 Å². The Balaban J connectivity index is 2.42. The third-order valence-corrected chi connectivity index (χ3v) is 3.30. The van der Waals surface area contributed by atoms with Crippen LogP contribution >= 0.6 is 0 Å². The molecule has 1 amide bonds. The van der Waals surface area contributed by atoms with E-state index in [1.165, 1.54) is 14.2 Å². The number of hydrogen-bond acceptors (Lipinski definition) is 4. The highest BCUT2D eigenvalue weighted by molar-refractivity contribution is 5.85. The minimum absolute atomic E-state index is 0.465.